The molecule has 3 nitrogen and oxygen atoms in total. The second-order valence-electron chi connectivity index (χ2n) is 4.41. The van der Waals surface area contributed by atoms with Gasteiger partial charge in [-0.25, -0.2) is 0 Å². The van der Waals surface area contributed by atoms with E-state index in [4.69, 9.17) is 4.42 Å². The first kappa shape index (κ1) is 11.5. The summed E-state index contributed by atoms with van der Waals surface area (Å²) in [6, 6.07) is 14.3. The molecule has 3 aromatic rings. The summed E-state index contributed by atoms with van der Waals surface area (Å²) in [4.78, 5) is 11.9. The first-order valence-electron chi connectivity index (χ1n) is 5.98. The molecule has 1 aromatic heterocycles. The number of hydrogen-bond donors (Lipinski definition) is 1. The summed E-state index contributed by atoms with van der Waals surface area (Å²) in [6.45, 7) is 1.50. The molecule has 3 heteroatoms. The van der Waals surface area contributed by atoms with Gasteiger partial charge in [0.1, 0.15) is 17.1 Å². The van der Waals surface area contributed by atoms with Crippen molar-refractivity contribution in [2.45, 2.75) is 6.92 Å². The van der Waals surface area contributed by atoms with Crippen LogP contribution in [-0.2, 0) is 0 Å². The van der Waals surface area contributed by atoms with E-state index < -0.39 is 0 Å². The number of ketones is 1. The molecule has 0 fully saturated rings. The van der Waals surface area contributed by atoms with Crippen molar-refractivity contribution >= 4 is 16.8 Å². The molecule has 0 aliphatic rings. The van der Waals surface area contributed by atoms with Crippen molar-refractivity contribution in [3.05, 3.63) is 54.1 Å². The van der Waals surface area contributed by atoms with Crippen LogP contribution in [0.4, 0.5) is 0 Å². The fourth-order valence-corrected chi connectivity index (χ4v) is 2.23. The topological polar surface area (TPSA) is 50.4 Å². The Labute approximate surface area is 110 Å². The second kappa shape index (κ2) is 4.28. The minimum absolute atomic E-state index is 0.0804. The summed E-state index contributed by atoms with van der Waals surface area (Å²) in [5.74, 6) is 0.590. The number of carbonyl (C=O) groups is 1. The summed E-state index contributed by atoms with van der Waals surface area (Å²) in [5, 5.41) is 10.2. The molecule has 0 amide bonds. The zero-order valence-corrected chi connectivity index (χ0v) is 10.4. The number of hydrogen-bond acceptors (Lipinski definition) is 3. The van der Waals surface area contributed by atoms with Crippen molar-refractivity contribution in [3.8, 4) is 17.1 Å². The van der Waals surface area contributed by atoms with E-state index in [2.05, 4.69) is 0 Å². The molecule has 0 spiro atoms. The highest BCUT2D eigenvalue weighted by molar-refractivity contribution is 6.11. The fraction of sp³-hybridized carbons (Fsp3) is 0.0625. The maximum absolute atomic E-state index is 11.9. The standard InChI is InChI=1S/C16H12O3/c1-10(17)15-13-9-12(18)7-8-14(13)19-16(15)11-5-3-2-4-6-11/h2-9,18H,1H3. The van der Waals surface area contributed by atoms with Crippen molar-refractivity contribution in [2.75, 3.05) is 0 Å². The van der Waals surface area contributed by atoms with Gasteiger partial charge >= 0.3 is 0 Å². The van der Waals surface area contributed by atoms with E-state index in [1.54, 1.807) is 18.2 Å². The van der Waals surface area contributed by atoms with Gasteiger partial charge in [0.2, 0.25) is 0 Å². The molecule has 0 aliphatic heterocycles. The molecule has 3 rings (SSSR count). The monoisotopic (exact) mass is 252 g/mol. The Morgan fingerprint density at radius 3 is 2.53 bits per heavy atom. The Kier molecular flexibility index (Phi) is 2.60. The molecule has 0 aliphatic carbocycles. The summed E-state index contributed by atoms with van der Waals surface area (Å²) in [5.41, 5.74) is 1.96. The minimum Gasteiger partial charge on any atom is -0.508 e. The van der Waals surface area contributed by atoms with Crippen molar-refractivity contribution in [1.82, 2.24) is 0 Å². The van der Waals surface area contributed by atoms with Crippen molar-refractivity contribution in [3.63, 3.8) is 0 Å². The lowest BCUT2D eigenvalue weighted by Crippen LogP contribution is -1.92. The molecule has 0 bridgehead atoms. The first-order chi connectivity index (χ1) is 9.16. The summed E-state index contributed by atoms with van der Waals surface area (Å²) < 4.78 is 5.77. The van der Waals surface area contributed by atoms with Gasteiger partial charge in [-0.15, -0.1) is 0 Å². The highest BCUT2D eigenvalue weighted by Crippen LogP contribution is 2.35. The lowest BCUT2D eigenvalue weighted by atomic mass is 10.0. The van der Waals surface area contributed by atoms with E-state index in [9.17, 15) is 9.90 Å². The zero-order valence-electron chi connectivity index (χ0n) is 10.4. The van der Waals surface area contributed by atoms with Crippen LogP contribution in [0.15, 0.2) is 52.9 Å². The van der Waals surface area contributed by atoms with Crippen LogP contribution in [0.5, 0.6) is 5.75 Å². The van der Waals surface area contributed by atoms with Crippen LogP contribution in [0.25, 0.3) is 22.3 Å². The SMILES string of the molecule is CC(=O)c1c(-c2ccccc2)oc2ccc(O)cc12. The van der Waals surface area contributed by atoms with Gasteiger partial charge in [0.25, 0.3) is 0 Å². The van der Waals surface area contributed by atoms with Crippen molar-refractivity contribution < 1.29 is 14.3 Å². The lowest BCUT2D eigenvalue weighted by Gasteiger charge is -1.99. The molecular weight excluding hydrogens is 240 g/mol. The molecule has 1 N–H and O–H groups in total. The van der Waals surface area contributed by atoms with Crippen molar-refractivity contribution in [2.24, 2.45) is 0 Å². The smallest absolute Gasteiger partial charge is 0.164 e. The number of rotatable bonds is 2. The maximum Gasteiger partial charge on any atom is 0.164 e. The molecule has 0 radical (unpaired) electrons. The Hall–Kier alpha value is -2.55. The van der Waals surface area contributed by atoms with E-state index >= 15 is 0 Å². The van der Waals surface area contributed by atoms with Gasteiger partial charge in [-0.1, -0.05) is 30.3 Å². The summed E-state index contributed by atoms with van der Waals surface area (Å²) >= 11 is 0. The van der Waals surface area contributed by atoms with Crippen LogP contribution in [0, 0.1) is 0 Å². The van der Waals surface area contributed by atoms with Gasteiger partial charge in [0.05, 0.1) is 5.56 Å². The number of furan rings is 1. The zero-order chi connectivity index (χ0) is 13.4. The third-order valence-corrected chi connectivity index (χ3v) is 3.06. The highest BCUT2D eigenvalue weighted by atomic mass is 16.3. The third kappa shape index (κ3) is 1.89. The van der Waals surface area contributed by atoms with E-state index in [-0.39, 0.29) is 11.5 Å². The number of phenolic OH excluding ortho intramolecular Hbond substituents is 1. The van der Waals surface area contributed by atoms with Gasteiger partial charge in [-0.05, 0) is 25.1 Å². The fourth-order valence-electron chi connectivity index (χ4n) is 2.23. The molecule has 0 atom stereocenters. The van der Waals surface area contributed by atoms with E-state index in [1.165, 1.54) is 6.92 Å². The Morgan fingerprint density at radius 2 is 1.84 bits per heavy atom. The second-order valence-corrected chi connectivity index (χ2v) is 4.41. The number of phenols is 1. The Balaban J connectivity index is 2.36. The van der Waals surface area contributed by atoms with Gasteiger partial charge in [-0.3, -0.25) is 4.79 Å². The molecule has 0 saturated carbocycles. The van der Waals surface area contributed by atoms with Gasteiger partial charge in [0, 0.05) is 10.9 Å². The van der Waals surface area contributed by atoms with Gasteiger partial charge in [-0.2, -0.15) is 0 Å². The Bertz CT molecular complexity index is 754. The predicted molar refractivity (Wildman–Crippen MR) is 73.3 cm³/mol. The molecule has 0 saturated heterocycles. The largest absolute Gasteiger partial charge is 0.508 e. The number of benzene rings is 2. The molecule has 0 unspecified atom stereocenters. The van der Waals surface area contributed by atoms with E-state index in [0.717, 1.165) is 5.56 Å². The lowest BCUT2D eigenvalue weighted by molar-refractivity contribution is 0.101. The van der Waals surface area contributed by atoms with Gasteiger partial charge < -0.3 is 9.52 Å². The number of carbonyl (C=O) groups excluding carboxylic acids is 1. The summed E-state index contributed by atoms with van der Waals surface area (Å²) in [6.07, 6.45) is 0. The minimum atomic E-state index is -0.0804. The highest BCUT2D eigenvalue weighted by Gasteiger charge is 2.19. The van der Waals surface area contributed by atoms with E-state index in [1.807, 2.05) is 30.3 Å². The van der Waals surface area contributed by atoms with Gasteiger partial charge in [0.15, 0.2) is 5.78 Å². The van der Waals surface area contributed by atoms with E-state index in [0.29, 0.717) is 22.3 Å². The van der Waals surface area contributed by atoms with Crippen LogP contribution < -0.4 is 0 Å². The molecule has 19 heavy (non-hydrogen) atoms. The molecular formula is C16H12O3. The first-order valence-corrected chi connectivity index (χ1v) is 5.98. The number of aromatic hydroxyl groups is 1. The predicted octanol–water partition coefficient (Wildman–Crippen LogP) is 4.01. The Morgan fingerprint density at radius 1 is 1.11 bits per heavy atom. The van der Waals surface area contributed by atoms with Crippen LogP contribution in [0.3, 0.4) is 0 Å². The summed E-state index contributed by atoms with van der Waals surface area (Å²) in [7, 11) is 0. The maximum atomic E-state index is 11.9. The van der Waals surface area contributed by atoms with Crippen LogP contribution in [-0.4, -0.2) is 10.9 Å². The van der Waals surface area contributed by atoms with Crippen LogP contribution in [0.1, 0.15) is 17.3 Å². The number of Topliss-reactive ketones (excluding diaryl/α,β-unsaturated/α-hetero) is 1. The van der Waals surface area contributed by atoms with Crippen LogP contribution >= 0.6 is 0 Å². The quantitative estimate of drug-likeness (QED) is 0.701. The molecule has 2 aromatic carbocycles. The third-order valence-electron chi connectivity index (χ3n) is 3.06. The normalized spacial score (nSPS) is 10.8. The molecule has 1 heterocycles. The van der Waals surface area contributed by atoms with Crippen molar-refractivity contribution in [1.29, 1.82) is 0 Å². The average Bonchev–Trinajstić information content (AvgIpc) is 2.78. The van der Waals surface area contributed by atoms with Crippen LogP contribution in [0.2, 0.25) is 0 Å². The average molecular weight is 252 g/mol. The molecule has 94 valence electrons. The number of fused-ring (bicyclic) bond motifs is 1.